The number of nitrogens with zero attached hydrogens (tertiary/aromatic N) is 1. The fourth-order valence-electron chi connectivity index (χ4n) is 3.87. The topological polar surface area (TPSA) is 51.2 Å². The summed E-state index contributed by atoms with van der Waals surface area (Å²) in [6, 6.07) is 14.3. The molecule has 0 spiro atoms. The first kappa shape index (κ1) is 18.8. The smallest absolute Gasteiger partial charge is 0.260 e. The van der Waals surface area contributed by atoms with Crippen molar-refractivity contribution in [1.29, 1.82) is 0 Å². The molecule has 1 aromatic heterocycles. The van der Waals surface area contributed by atoms with Crippen LogP contribution in [-0.4, -0.2) is 16.5 Å². The first-order valence-corrected chi connectivity index (χ1v) is 10.4. The van der Waals surface area contributed by atoms with Crippen LogP contribution < -0.4 is 5.32 Å². The van der Waals surface area contributed by atoms with Gasteiger partial charge in [-0.15, -0.1) is 11.3 Å². The third-order valence-electron chi connectivity index (χ3n) is 5.32. The first-order valence-electron chi connectivity index (χ1n) is 9.63. The van der Waals surface area contributed by atoms with Gasteiger partial charge in [-0.2, -0.15) is 0 Å². The average Bonchev–Trinajstić information content (AvgIpc) is 3.33. The van der Waals surface area contributed by atoms with E-state index in [0.29, 0.717) is 22.6 Å². The summed E-state index contributed by atoms with van der Waals surface area (Å²) in [6.07, 6.45) is 1.92. The molecular formula is C24H19FN2O2S. The number of fused-ring (bicyclic) bond motifs is 1. The second kappa shape index (κ2) is 6.64. The van der Waals surface area contributed by atoms with E-state index in [-0.39, 0.29) is 5.91 Å². The van der Waals surface area contributed by atoms with Gasteiger partial charge in [0.1, 0.15) is 22.2 Å². The van der Waals surface area contributed by atoms with Crippen molar-refractivity contribution in [2.24, 2.45) is 0 Å². The zero-order valence-electron chi connectivity index (χ0n) is 16.7. The Morgan fingerprint density at radius 1 is 1.13 bits per heavy atom. The highest BCUT2D eigenvalue weighted by atomic mass is 32.1. The lowest BCUT2D eigenvalue weighted by Crippen LogP contribution is -2.21. The third-order valence-corrected chi connectivity index (χ3v) is 6.56. The quantitative estimate of drug-likeness (QED) is 0.534. The zero-order chi connectivity index (χ0) is 21.0. The number of halogens is 1. The molecule has 6 heteroatoms. The molecule has 30 heavy (non-hydrogen) atoms. The highest BCUT2D eigenvalue weighted by molar-refractivity contribution is 7.16. The van der Waals surface area contributed by atoms with Gasteiger partial charge in [0, 0.05) is 16.7 Å². The molecule has 0 saturated carbocycles. The minimum absolute atomic E-state index is 0.287. The molecule has 1 N–H and O–H groups in total. The van der Waals surface area contributed by atoms with Crippen molar-refractivity contribution in [3.8, 4) is 10.6 Å². The van der Waals surface area contributed by atoms with Crippen molar-refractivity contribution < 1.29 is 13.9 Å². The SMILES string of the molecule is Cc1nc(-c2ccccc2)sc1C1=CC(=C2C(=O)Nc3cc(F)ccc32)OC1(C)C. The summed E-state index contributed by atoms with van der Waals surface area (Å²) in [5.41, 5.74) is 3.88. The lowest BCUT2D eigenvalue weighted by Gasteiger charge is -2.22. The second-order valence-electron chi connectivity index (χ2n) is 7.85. The van der Waals surface area contributed by atoms with Crippen LogP contribution in [0.15, 0.2) is 60.4 Å². The number of benzene rings is 2. The number of aryl methyl sites for hydroxylation is 1. The van der Waals surface area contributed by atoms with Crippen molar-refractivity contribution >= 4 is 34.1 Å². The van der Waals surface area contributed by atoms with Crippen molar-refractivity contribution in [3.05, 3.63) is 82.3 Å². The molecule has 0 fully saturated rings. The molecule has 5 rings (SSSR count). The van der Waals surface area contributed by atoms with Gasteiger partial charge in [0.05, 0.1) is 21.8 Å². The molecule has 0 unspecified atom stereocenters. The Bertz CT molecular complexity index is 1260. The predicted octanol–water partition coefficient (Wildman–Crippen LogP) is 5.81. The number of aromatic nitrogens is 1. The number of hydrogen-bond donors (Lipinski definition) is 1. The maximum atomic E-state index is 13.6. The first-order chi connectivity index (χ1) is 14.3. The summed E-state index contributed by atoms with van der Waals surface area (Å²) < 4.78 is 19.8. The number of carbonyl (C=O) groups excluding carboxylic acids is 1. The molecule has 1 amide bonds. The Kier molecular flexibility index (Phi) is 4.15. The van der Waals surface area contributed by atoms with Crippen molar-refractivity contribution in [3.63, 3.8) is 0 Å². The number of nitrogens with one attached hydrogen (secondary N) is 1. The lowest BCUT2D eigenvalue weighted by molar-refractivity contribution is -0.111. The molecule has 0 saturated heterocycles. The number of rotatable bonds is 2. The summed E-state index contributed by atoms with van der Waals surface area (Å²) in [6.45, 7) is 5.94. The molecule has 150 valence electrons. The normalized spacial score (nSPS) is 19.3. The van der Waals surface area contributed by atoms with Crippen LogP contribution in [0, 0.1) is 12.7 Å². The van der Waals surface area contributed by atoms with E-state index in [1.165, 1.54) is 12.1 Å². The Morgan fingerprint density at radius 2 is 1.90 bits per heavy atom. The number of allylic oxidation sites excluding steroid dienone is 1. The van der Waals surface area contributed by atoms with Gasteiger partial charge in [-0.25, -0.2) is 9.37 Å². The number of carbonyl (C=O) groups is 1. The van der Waals surface area contributed by atoms with E-state index in [4.69, 9.17) is 9.72 Å². The second-order valence-corrected chi connectivity index (χ2v) is 8.85. The average molecular weight is 418 g/mol. The Hall–Kier alpha value is -3.25. The van der Waals surface area contributed by atoms with Gasteiger partial charge in [-0.3, -0.25) is 4.79 Å². The lowest BCUT2D eigenvalue weighted by atomic mass is 9.97. The monoisotopic (exact) mass is 418 g/mol. The molecule has 2 aromatic carbocycles. The summed E-state index contributed by atoms with van der Waals surface area (Å²) in [7, 11) is 0. The van der Waals surface area contributed by atoms with Gasteiger partial charge in [0.15, 0.2) is 0 Å². The number of ether oxygens (including phenoxy) is 1. The molecule has 3 aromatic rings. The maximum absolute atomic E-state index is 13.6. The van der Waals surface area contributed by atoms with E-state index in [0.717, 1.165) is 26.7 Å². The van der Waals surface area contributed by atoms with E-state index in [2.05, 4.69) is 5.32 Å². The summed E-state index contributed by atoms with van der Waals surface area (Å²) >= 11 is 1.61. The van der Waals surface area contributed by atoms with Crippen LogP contribution in [-0.2, 0) is 9.53 Å². The summed E-state index contributed by atoms with van der Waals surface area (Å²) in [5.74, 6) is -0.185. The van der Waals surface area contributed by atoms with E-state index in [1.54, 1.807) is 17.4 Å². The fourth-order valence-corrected chi connectivity index (χ4v) is 5.10. The zero-order valence-corrected chi connectivity index (χ0v) is 17.6. The molecular weight excluding hydrogens is 399 g/mol. The number of hydrogen-bond acceptors (Lipinski definition) is 4. The third kappa shape index (κ3) is 2.95. The summed E-state index contributed by atoms with van der Waals surface area (Å²) in [4.78, 5) is 18.4. The standard InChI is InChI=1S/C24H19FN2O2S/c1-13-21(30-23(26-13)14-7-5-4-6-8-14)17-12-19(29-24(17,2)3)20-16-10-9-15(25)11-18(16)27-22(20)28/h4-12H,1-3H3,(H,27,28). The van der Waals surface area contributed by atoms with Crippen LogP contribution in [0.25, 0.3) is 21.7 Å². The molecule has 0 radical (unpaired) electrons. The number of amides is 1. The van der Waals surface area contributed by atoms with Gasteiger partial charge >= 0.3 is 0 Å². The highest BCUT2D eigenvalue weighted by Crippen LogP contribution is 2.47. The number of thiazole rings is 1. The van der Waals surface area contributed by atoms with Crippen molar-refractivity contribution in [2.75, 3.05) is 5.32 Å². The Balaban J connectivity index is 1.63. The van der Waals surface area contributed by atoms with Gasteiger partial charge in [0.25, 0.3) is 5.91 Å². The fraction of sp³-hybridized carbons (Fsp3) is 0.167. The molecule has 0 bridgehead atoms. The predicted molar refractivity (Wildman–Crippen MR) is 117 cm³/mol. The minimum atomic E-state index is -0.628. The van der Waals surface area contributed by atoms with Crippen LogP contribution >= 0.6 is 11.3 Å². The van der Waals surface area contributed by atoms with Crippen LogP contribution in [0.4, 0.5) is 10.1 Å². The van der Waals surface area contributed by atoms with Crippen LogP contribution in [0.3, 0.4) is 0 Å². The van der Waals surface area contributed by atoms with Gasteiger partial charge in [0.2, 0.25) is 0 Å². The molecule has 2 aliphatic heterocycles. The molecule has 0 atom stereocenters. The van der Waals surface area contributed by atoms with Crippen molar-refractivity contribution in [2.45, 2.75) is 26.4 Å². The molecule has 0 aliphatic carbocycles. The van der Waals surface area contributed by atoms with Gasteiger partial charge in [-0.1, -0.05) is 30.3 Å². The van der Waals surface area contributed by atoms with Crippen LogP contribution in [0.1, 0.15) is 30.0 Å². The Labute approximate surface area is 177 Å². The maximum Gasteiger partial charge on any atom is 0.260 e. The van der Waals surface area contributed by atoms with Gasteiger partial charge in [-0.05, 0) is 45.0 Å². The van der Waals surface area contributed by atoms with Crippen molar-refractivity contribution in [1.82, 2.24) is 4.98 Å². The molecule has 3 heterocycles. The molecule has 2 aliphatic rings. The van der Waals surface area contributed by atoms with E-state index < -0.39 is 11.4 Å². The summed E-state index contributed by atoms with van der Waals surface area (Å²) in [5, 5.41) is 3.67. The van der Waals surface area contributed by atoms with Crippen LogP contribution in [0.2, 0.25) is 0 Å². The highest BCUT2D eigenvalue weighted by Gasteiger charge is 2.39. The molecule has 4 nitrogen and oxygen atoms in total. The van der Waals surface area contributed by atoms with E-state index in [1.807, 2.05) is 57.2 Å². The number of anilines is 1. The van der Waals surface area contributed by atoms with Crippen LogP contribution in [0.5, 0.6) is 0 Å². The van der Waals surface area contributed by atoms with Gasteiger partial charge < -0.3 is 10.1 Å². The van der Waals surface area contributed by atoms with E-state index >= 15 is 0 Å². The van der Waals surface area contributed by atoms with E-state index in [9.17, 15) is 9.18 Å². The minimum Gasteiger partial charge on any atom is -0.482 e. The largest absolute Gasteiger partial charge is 0.482 e. The Morgan fingerprint density at radius 3 is 2.67 bits per heavy atom.